The van der Waals surface area contributed by atoms with E-state index in [1.165, 1.54) is 0 Å². The zero-order chi connectivity index (χ0) is 32.2. The number of carbonyl (C=O) groups excluding carboxylic acids is 1. The first-order valence-corrected chi connectivity index (χ1v) is 16.1. The summed E-state index contributed by atoms with van der Waals surface area (Å²) >= 11 is 0. The summed E-state index contributed by atoms with van der Waals surface area (Å²) in [7, 11) is 0. The number of Topliss-reactive ketones (excluding diaryl/α,β-unsaturated/α-hetero) is 1. The molecule has 3 rings (SSSR count). The Morgan fingerprint density at radius 3 is 2.24 bits per heavy atom. The highest BCUT2D eigenvalue weighted by Gasteiger charge is 2.63. The van der Waals surface area contributed by atoms with Gasteiger partial charge in [0.05, 0.1) is 18.2 Å². The van der Waals surface area contributed by atoms with Crippen molar-refractivity contribution in [2.75, 3.05) is 13.1 Å². The van der Waals surface area contributed by atoms with Crippen LogP contribution >= 0.6 is 0 Å². The average molecular weight is 595 g/mol. The zero-order valence-electron chi connectivity index (χ0n) is 27.9. The number of allylic oxidation sites excluding steroid dienone is 2. The van der Waals surface area contributed by atoms with E-state index in [0.29, 0.717) is 25.0 Å². The van der Waals surface area contributed by atoms with Gasteiger partial charge in [0.2, 0.25) is 0 Å². The van der Waals surface area contributed by atoms with E-state index in [0.717, 1.165) is 44.9 Å². The Morgan fingerprint density at radius 1 is 1.10 bits per heavy atom. The van der Waals surface area contributed by atoms with E-state index >= 15 is 0 Å². The Labute approximate surface area is 253 Å². The fourth-order valence-electron chi connectivity index (χ4n) is 10.0. The molecule has 0 heterocycles. The molecule has 7 heteroatoms. The summed E-state index contributed by atoms with van der Waals surface area (Å²) in [5, 5.41) is 23.8. The predicted molar refractivity (Wildman–Crippen MR) is 163 cm³/mol. The van der Waals surface area contributed by atoms with Gasteiger partial charge in [0.25, 0.3) is 0 Å². The summed E-state index contributed by atoms with van der Waals surface area (Å²) in [6.07, 6.45) is 3.02. The summed E-state index contributed by atoms with van der Waals surface area (Å²) < 4.78 is 39.4. The third kappa shape index (κ3) is 6.45. The molecule has 0 bridgehead atoms. The van der Waals surface area contributed by atoms with E-state index in [1.807, 2.05) is 13.8 Å². The van der Waals surface area contributed by atoms with Crippen LogP contribution in [0.15, 0.2) is 11.3 Å². The molecule has 0 radical (unpaired) electrons. The number of aliphatic hydroxyl groups is 1. The van der Waals surface area contributed by atoms with Gasteiger partial charge in [-0.25, -0.2) is 0 Å². The molecule has 6 atom stereocenters. The van der Waals surface area contributed by atoms with Gasteiger partial charge in [0, 0.05) is 18.4 Å². The van der Waals surface area contributed by atoms with Crippen molar-refractivity contribution in [2.24, 2.45) is 50.2 Å². The monoisotopic (exact) mass is 594 g/mol. The first-order chi connectivity index (χ1) is 19.0. The van der Waals surface area contributed by atoms with Crippen LogP contribution in [0.3, 0.4) is 0 Å². The van der Waals surface area contributed by atoms with Crippen molar-refractivity contribution in [3.63, 3.8) is 0 Å². The third-order valence-corrected chi connectivity index (χ3v) is 13.1. The molecular formula is C35H57F3N2O2. The molecule has 1 unspecified atom stereocenters. The molecule has 0 saturated heterocycles. The smallest absolute Gasteiger partial charge is 0.401 e. The molecule has 2 N–H and O–H groups in total. The minimum atomic E-state index is -4.24. The molecular weight excluding hydrogens is 537 g/mol. The van der Waals surface area contributed by atoms with Gasteiger partial charge >= 0.3 is 6.18 Å². The summed E-state index contributed by atoms with van der Waals surface area (Å²) in [5.41, 5.74) is -0.944. The maximum absolute atomic E-state index is 13.1. The summed E-state index contributed by atoms with van der Waals surface area (Å²) in [6, 6.07) is 2.28. The number of ketones is 1. The van der Waals surface area contributed by atoms with Crippen molar-refractivity contribution in [1.82, 2.24) is 5.32 Å². The van der Waals surface area contributed by atoms with E-state index < -0.39 is 18.1 Å². The van der Waals surface area contributed by atoms with Crippen LogP contribution < -0.4 is 5.32 Å². The fraction of sp³-hybridized carbons (Fsp3) is 0.886. The van der Waals surface area contributed by atoms with Crippen LogP contribution in [0.5, 0.6) is 0 Å². The first-order valence-electron chi connectivity index (χ1n) is 16.1. The van der Waals surface area contributed by atoms with Crippen LogP contribution in [-0.2, 0) is 4.79 Å². The lowest BCUT2D eigenvalue weighted by atomic mass is 9.39. The number of alkyl halides is 3. The standard InChI is InChI=1S/C35H57F3N2O2/c1-23-18-29(3,4)13-15-34(23,21-40-22-35(36,37)38)16-14-30(5,6)33(10)12-11-26-31(7,8)28(42)25(20-39)19-32(26,9)27(33)17-24(2)41/h23,26-27,40,42H,11-19,21-22H2,1-10H3/t23?,26-,27+,32-,33+,34+/m0/s1. The van der Waals surface area contributed by atoms with Crippen molar-refractivity contribution in [3.05, 3.63) is 11.3 Å². The molecule has 2 fully saturated rings. The molecule has 0 aromatic heterocycles. The highest BCUT2D eigenvalue weighted by molar-refractivity contribution is 5.76. The predicted octanol–water partition coefficient (Wildman–Crippen LogP) is 9.56. The van der Waals surface area contributed by atoms with Crippen molar-refractivity contribution in [3.8, 4) is 6.07 Å². The summed E-state index contributed by atoms with van der Waals surface area (Å²) in [5.74, 6) is 0.759. The van der Waals surface area contributed by atoms with Gasteiger partial charge < -0.3 is 15.2 Å². The van der Waals surface area contributed by atoms with Crippen molar-refractivity contribution >= 4 is 5.78 Å². The second kappa shape index (κ2) is 11.4. The van der Waals surface area contributed by atoms with Crippen LogP contribution in [-0.4, -0.2) is 30.2 Å². The maximum atomic E-state index is 13.1. The largest absolute Gasteiger partial charge is 0.511 e. The zero-order valence-corrected chi connectivity index (χ0v) is 27.9. The van der Waals surface area contributed by atoms with Crippen molar-refractivity contribution in [2.45, 2.75) is 133 Å². The Bertz CT molecular complexity index is 1100. The van der Waals surface area contributed by atoms with Crippen molar-refractivity contribution < 1.29 is 23.1 Å². The summed E-state index contributed by atoms with van der Waals surface area (Å²) in [4.78, 5) is 12.9. The Balaban J connectivity index is 1.98. The number of nitriles is 1. The van der Waals surface area contributed by atoms with E-state index in [-0.39, 0.29) is 56.4 Å². The van der Waals surface area contributed by atoms with Gasteiger partial charge in [0.1, 0.15) is 11.5 Å². The number of fused-ring (bicyclic) bond motifs is 1. The number of nitrogens with one attached hydrogen (secondary N) is 1. The molecule has 2 saturated carbocycles. The first kappa shape index (κ1) is 34.9. The fourth-order valence-corrected chi connectivity index (χ4v) is 10.0. The van der Waals surface area contributed by atoms with Crippen LogP contribution in [0, 0.1) is 61.6 Å². The highest BCUT2D eigenvalue weighted by Crippen LogP contribution is 2.70. The molecule has 42 heavy (non-hydrogen) atoms. The van der Waals surface area contributed by atoms with Crippen LogP contribution in [0.25, 0.3) is 0 Å². The number of aliphatic hydroxyl groups excluding tert-OH is 1. The van der Waals surface area contributed by atoms with E-state index in [2.05, 4.69) is 59.9 Å². The van der Waals surface area contributed by atoms with E-state index in [4.69, 9.17) is 0 Å². The second-order valence-corrected chi connectivity index (χ2v) is 17.0. The lowest BCUT2D eigenvalue weighted by molar-refractivity contribution is -0.162. The third-order valence-electron chi connectivity index (χ3n) is 13.1. The maximum Gasteiger partial charge on any atom is 0.401 e. The molecule has 3 aliphatic rings. The van der Waals surface area contributed by atoms with Gasteiger partial charge in [-0.05, 0) is 103 Å². The number of hydrogen-bond donors (Lipinski definition) is 2. The second-order valence-electron chi connectivity index (χ2n) is 17.0. The van der Waals surface area contributed by atoms with E-state index in [9.17, 15) is 28.3 Å². The molecule has 0 spiro atoms. The lowest BCUT2D eigenvalue weighted by Crippen LogP contribution is -2.59. The lowest BCUT2D eigenvalue weighted by Gasteiger charge is -2.65. The number of nitrogens with zero attached hydrogens (tertiary/aromatic N) is 1. The van der Waals surface area contributed by atoms with Crippen molar-refractivity contribution in [1.29, 1.82) is 5.26 Å². The molecule has 3 aliphatic carbocycles. The van der Waals surface area contributed by atoms with Gasteiger partial charge in [-0.3, -0.25) is 0 Å². The van der Waals surface area contributed by atoms with Crippen LogP contribution in [0.4, 0.5) is 13.2 Å². The normalized spacial score (nSPS) is 36.7. The van der Waals surface area contributed by atoms with Gasteiger partial charge in [-0.2, -0.15) is 18.4 Å². The van der Waals surface area contributed by atoms with Gasteiger partial charge in [-0.1, -0.05) is 62.3 Å². The molecule has 0 amide bonds. The summed E-state index contributed by atoms with van der Waals surface area (Å²) in [6.45, 7) is 21.0. The topological polar surface area (TPSA) is 73.1 Å². The Hall–Kier alpha value is -1.55. The Kier molecular flexibility index (Phi) is 9.50. The minimum absolute atomic E-state index is 0.00833. The van der Waals surface area contributed by atoms with Crippen LogP contribution in [0.2, 0.25) is 0 Å². The molecule has 0 aliphatic heterocycles. The Morgan fingerprint density at radius 2 is 1.71 bits per heavy atom. The quantitative estimate of drug-likeness (QED) is 0.279. The number of carbonyl (C=O) groups is 1. The van der Waals surface area contributed by atoms with E-state index in [1.54, 1.807) is 6.92 Å². The van der Waals surface area contributed by atoms with Gasteiger partial charge in [-0.15, -0.1) is 0 Å². The minimum Gasteiger partial charge on any atom is -0.511 e. The number of rotatable bonds is 9. The van der Waals surface area contributed by atoms with Crippen LogP contribution in [0.1, 0.15) is 127 Å². The number of halogens is 3. The molecule has 4 nitrogen and oxygen atoms in total. The molecule has 0 aromatic rings. The molecule has 240 valence electrons. The average Bonchev–Trinajstić information content (AvgIpc) is 2.83. The number of hydrogen-bond acceptors (Lipinski definition) is 4. The molecule has 0 aromatic carbocycles. The SMILES string of the molecule is CC(=O)C[C@@H]1[C@@]2(C)CC(C#N)=C(O)C(C)(C)[C@@H]2CC[C@@]1(C)C(C)(C)CC[C@@]1(CNCC(F)(F)F)CCC(C)(C)CC1C. The van der Waals surface area contributed by atoms with Gasteiger partial charge in [0.15, 0.2) is 0 Å². The highest BCUT2D eigenvalue weighted by atomic mass is 19.4.